The Bertz CT molecular complexity index is 1410. The van der Waals surface area contributed by atoms with Crippen LogP contribution < -0.4 is 0 Å². The van der Waals surface area contributed by atoms with Crippen LogP contribution in [0.2, 0.25) is 18.1 Å². The molecule has 4 rings (SSSR count). The zero-order valence-corrected chi connectivity index (χ0v) is 33.2. The molecule has 0 bridgehead atoms. The number of carbonyl (C=O) groups is 1. The Morgan fingerprint density at radius 1 is 1.00 bits per heavy atom. The smallest absolute Gasteiger partial charge is 0.192 e. The summed E-state index contributed by atoms with van der Waals surface area (Å²) >= 11 is 0. The number of hydrogen-bond acceptors (Lipinski definition) is 9. The average molecular weight is 735 g/mol. The van der Waals surface area contributed by atoms with Crippen molar-refractivity contribution in [3.63, 3.8) is 0 Å². The van der Waals surface area contributed by atoms with Crippen LogP contribution in [-0.2, 0) is 38.0 Å². The molecule has 0 saturated carbocycles. The maximum Gasteiger partial charge on any atom is 0.192 e. The van der Waals surface area contributed by atoms with Crippen LogP contribution in [0.5, 0.6) is 0 Å². The number of carbonyl (C=O) groups excluding carboxylic acids is 1. The third-order valence-corrected chi connectivity index (χ3v) is 17.7. The van der Waals surface area contributed by atoms with E-state index in [2.05, 4.69) is 53.9 Å². The molecule has 3 aliphatic heterocycles. The fraction of sp³-hybridized carbons (Fsp3) is 0.718. The van der Waals surface area contributed by atoms with Gasteiger partial charge in [-0.2, -0.15) is 0 Å². The highest BCUT2D eigenvalue weighted by Gasteiger charge is 2.49. The number of aliphatic hydroxyl groups is 1. The first-order chi connectivity index (χ1) is 23.5. The van der Waals surface area contributed by atoms with Crippen LogP contribution in [0.1, 0.15) is 79.1 Å². The highest BCUT2D eigenvalue weighted by molar-refractivity contribution is 7.91. The van der Waals surface area contributed by atoms with E-state index in [0.29, 0.717) is 6.42 Å². The maximum atomic E-state index is 13.7. The van der Waals surface area contributed by atoms with E-state index in [1.807, 2.05) is 0 Å². The lowest BCUT2D eigenvalue weighted by molar-refractivity contribution is -0.126. The largest absolute Gasteiger partial charge is 0.410 e. The number of aliphatic hydroxyl groups excluding tert-OH is 1. The Morgan fingerprint density at radius 2 is 1.68 bits per heavy atom. The van der Waals surface area contributed by atoms with Gasteiger partial charge in [0.2, 0.25) is 0 Å². The van der Waals surface area contributed by atoms with Gasteiger partial charge in [0.15, 0.2) is 23.9 Å². The molecular weight excluding hydrogens is 673 g/mol. The molecule has 1 aromatic rings. The van der Waals surface area contributed by atoms with Gasteiger partial charge in [0, 0.05) is 32.5 Å². The fourth-order valence-corrected chi connectivity index (χ4v) is 9.92. The molecule has 50 heavy (non-hydrogen) atoms. The van der Waals surface area contributed by atoms with Crippen molar-refractivity contribution >= 4 is 23.9 Å². The second-order valence-corrected chi connectivity index (χ2v) is 23.1. The zero-order chi connectivity index (χ0) is 36.9. The number of ketones is 1. The van der Waals surface area contributed by atoms with Gasteiger partial charge in [0.1, 0.15) is 0 Å². The van der Waals surface area contributed by atoms with Crippen molar-refractivity contribution in [2.45, 2.75) is 145 Å². The predicted molar refractivity (Wildman–Crippen MR) is 198 cm³/mol. The summed E-state index contributed by atoms with van der Waals surface area (Å²) in [5.41, 5.74) is 2.07. The summed E-state index contributed by atoms with van der Waals surface area (Å²) in [5, 5.41) is 9.18. The Labute approximate surface area is 302 Å². The molecule has 0 aromatic heterocycles. The molecule has 0 aliphatic carbocycles. The first kappa shape index (κ1) is 41.1. The molecule has 9 atom stereocenters. The van der Waals surface area contributed by atoms with Gasteiger partial charge < -0.3 is 28.5 Å². The number of ether oxygens (including phenoxy) is 4. The lowest BCUT2D eigenvalue weighted by Crippen LogP contribution is -2.42. The number of hydrogen-bond donors (Lipinski definition) is 1. The van der Waals surface area contributed by atoms with Gasteiger partial charge in [-0.1, -0.05) is 59.1 Å². The highest BCUT2D eigenvalue weighted by atomic mass is 32.2. The van der Waals surface area contributed by atoms with Gasteiger partial charge in [0.05, 0.1) is 60.0 Å². The molecule has 3 aliphatic rings. The number of Topliss-reactive ketones (excluding diaryl/α,β-unsaturated/α-hetero) is 1. The third kappa shape index (κ3) is 10.5. The monoisotopic (exact) mass is 734 g/mol. The quantitative estimate of drug-likeness (QED) is 0.136. The van der Waals surface area contributed by atoms with E-state index in [9.17, 15) is 18.3 Å². The third-order valence-electron chi connectivity index (χ3n) is 11.4. The van der Waals surface area contributed by atoms with Crippen LogP contribution in [0.3, 0.4) is 0 Å². The lowest BCUT2D eigenvalue weighted by atomic mass is 9.83. The van der Waals surface area contributed by atoms with E-state index in [-0.39, 0.29) is 71.4 Å². The maximum absolute atomic E-state index is 13.7. The standard InChI is InChI=1S/C39H62O9SSi/c1-26-20-31(17-18-34-27(2)21-30(46-34)14-13-19-40)47-35(28(26)3)23-36-33(25-49(42,43)32-15-11-10-12-16-32)38(44-7)37(48-36)22-29(41)24-45-50(8,9)39(4,5)6/h10-12,15-16,26,30-31,33-38,40H,2-3,13-14,17-25H2,1,4-9H3/t26-,30?,31?,33+,34?,35-,36?,37-,38-/m1/s1. The molecule has 3 heterocycles. The Kier molecular flexibility index (Phi) is 14.3. The van der Waals surface area contributed by atoms with Gasteiger partial charge in [-0.3, -0.25) is 4.79 Å². The van der Waals surface area contributed by atoms with Crippen LogP contribution in [0, 0.1) is 11.8 Å². The summed E-state index contributed by atoms with van der Waals surface area (Å²) < 4.78 is 59.2. The first-order valence-electron chi connectivity index (χ1n) is 18.4. The van der Waals surface area contributed by atoms with Gasteiger partial charge in [0.25, 0.3) is 0 Å². The lowest BCUT2D eigenvalue weighted by Gasteiger charge is -2.38. The second kappa shape index (κ2) is 17.4. The minimum Gasteiger partial charge on any atom is -0.410 e. The second-order valence-electron chi connectivity index (χ2n) is 16.2. The van der Waals surface area contributed by atoms with Gasteiger partial charge in [-0.25, -0.2) is 8.42 Å². The van der Waals surface area contributed by atoms with Gasteiger partial charge in [-0.15, -0.1) is 0 Å². The van der Waals surface area contributed by atoms with E-state index in [1.165, 1.54) is 0 Å². The van der Waals surface area contributed by atoms with E-state index >= 15 is 0 Å². The molecule has 1 N–H and O–H groups in total. The van der Waals surface area contributed by atoms with E-state index in [0.717, 1.165) is 49.7 Å². The first-order valence-corrected chi connectivity index (χ1v) is 22.9. The summed E-state index contributed by atoms with van der Waals surface area (Å²) in [6.45, 7) is 21.6. The van der Waals surface area contributed by atoms with Gasteiger partial charge >= 0.3 is 0 Å². The summed E-state index contributed by atoms with van der Waals surface area (Å²) in [5.74, 6) is -0.585. The van der Waals surface area contributed by atoms with Crippen molar-refractivity contribution < 1.29 is 41.7 Å². The zero-order valence-electron chi connectivity index (χ0n) is 31.4. The van der Waals surface area contributed by atoms with Crippen molar-refractivity contribution in [2.75, 3.05) is 26.1 Å². The molecule has 1 aromatic carbocycles. The van der Waals surface area contributed by atoms with E-state index in [4.69, 9.17) is 23.4 Å². The van der Waals surface area contributed by atoms with E-state index < -0.39 is 42.4 Å². The minimum atomic E-state index is -3.69. The summed E-state index contributed by atoms with van der Waals surface area (Å²) in [6, 6.07) is 8.44. The molecular formula is C39H62O9SSi. The number of methoxy groups -OCH3 is 1. The average Bonchev–Trinajstić information content (AvgIpc) is 3.57. The molecule has 9 nitrogen and oxygen atoms in total. The van der Waals surface area contributed by atoms with E-state index in [1.54, 1.807) is 37.4 Å². The van der Waals surface area contributed by atoms with Crippen molar-refractivity contribution in [3.05, 3.63) is 54.6 Å². The number of sulfone groups is 1. The van der Waals surface area contributed by atoms with Gasteiger partial charge in [-0.05, 0) is 85.9 Å². The molecule has 4 unspecified atom stereocenters. The Balaban J connectivity index is 1.48. The van der Waals surface area contributed by atoms with Crippen molar-refractivity contribution in [1.82, 2.24) is 0 Å². The van der Waals surface area contributed by atoms with Crippen LogP contribution in [-0.4, -0.2) is 96.4 Å². The number of benzene rings is 1. The molecule has 11 heteroatoms. The van der Waals surface area contributed by atoms with Crippen molar-refractivity contribution in [2.24, 2.45) is 11.8 Å². The Hall–Kier alpha value is -1.70. The summed E-state index contributed by atoms with van der Waals surface area (Å²) in [6.07, 6.45) is 3.26. The van der Waals surface area contributed by atoms with Crippen LogP contribution >= 0.6 is 0 Å². The molecule has 0 amide bonds. The van der Waals surface area contributed by atoms with Crippen LogP contribution in [0.4, 0.5) is 0 Å². The van der Waals surface area contributed by atoms with Crippen LogP contribution in [0.25, 0.3) is 0 Å². The highest BCUT2D eigenvalue weighted by Crippen LogP contribution is 2.41. The molecule has 0 spiro atoms. The number of rotatable bonds is 17. The van der Waals surface area contributed by atoms with Crippen LogP contribution in [0.15, 0.2) is 59.5 Å². The van der Waals surface area contributed by atoms with Crippen molar-refractivity contribution in [3.8, 4) is 0 Å². The van der Waals surface area contributed by atoms with Crippen molar-refractivity contribution in [1.29, 1.82) is 0 Å². The molecule has 0 radical (unpaired) electrons. The SMILES string of the molecule is C=C1CC(CCCO)OC1CCC1C[C@@H](C)C(=C)[C@@H](CC2O[C@H](CC(=O)CO[Si](C)(C)C(C)(C)C)[C@H](OC)[C@H]2CS(=O)(=O)c2ccccc2)O1. The summed E-state index contributed by atoms with van der Waals surface area (Å²) in [4.78, 5) is 13.6. The minimum absolute atomic E-state index is 0.00845. The predicted octanol–water partition coefficient (Wildman–Crippen LogP) is 6.85. The summed E-state index contributed by atoms with van der Waals surface area (Å²) in [7, 11) is -4.28. The molecule has 282 valence electrons. The molecule has 3 saturated heterocycles. The normalized spacial score (nSPS) is 31.0. The molecule has 3 fully saturated rings. The fourth-order valence-electron chi connectivity index (χ4n) is 7.29. The Morgan fingerprint density at radius 3 is 2.32 bits per heavy atom. The topological polar surface area (TPSA) is 118 Å².